The molecule has 0 N–H and O–H groups in total. The fraction of sp³-hybridized carbons (Fsp3) is 0.115. The van der Waals surface area contributed by atoms with Gasteiger partial charge in [0.25, 0.3) is 0 Å². The summed E-state index contributed by atoms with van der Waals surface area (Å²) in [6.07, 6.45) is 1.83. The maximum Gasteiger partial charge on any atom is 0.315 e. The van der Waals surface area contributed by atoms with Crippen molar-refractivity contribution in [1.82, 2.24) is 0 Å². The number of halogens is 1. The van der Waals surface area contributed by atoms with E-state index in [1.807, 2.05) is 66.7 Å². The van der Waals surface area contributed by atoms with Crippen molar-refractivity contribution in [3.05, 3.63) is 119 Å². The molecular weight excluding hydrogens is 363 g/mol. The highest BCUT2D eigenvalue weighted by atomic mass is 19.1. The molecule has 29 heavy (non-hydrogen) atoms. The fourth-order valence-corrected chi connectivity index (χ4v) is 3.60. The highest BCUT2D eigenvalue weighted by molar-refractivity contribution is 5.78. The van der Waals surface area contributed by atoms with Crippen molar-refractivity contribution in [3.63, 3.8) is 0 Å². The van der Waals surface area contributed by atoms with Crippen molar-refractivity contribution in [2.75, 3.05) is 0 Å². The first kappa shape index (κ1) is 18.7. The van der Waals surface area contributed by atoms with Crippen molar-refractivity contribution in [2.24, 2.45) is 5.92 Å². The molecule has 0 saturated heterocycles. The van der Waals surface area contributed by atoms with Crippen LogP contribution in [0.1, 0.15) is 22.6 Å². The SMILES string of the molecule is O=C1OC=C(C#Cc2ccccc2)[C@@H](c2ccccc2)[C@@H]1Cc1cccc(F)c1. The van der Waals surface area contributed by atoms with Gasteiger partial charge in [0.05, 0.1) is 5.92 Å². The number of rotatable bonds is 3. The van der Waals surface area contributed by atoms with Crippen LogP contribution in [0.15, 0.2) is 96.8 Å². The molecule has 0 aliphatic carbocycles. The molecule has 2 nitrogen and oxygen atoms in total. The summed E-state index contributed by atoms with van der Waals surface area (Å²) in [5.41, 5.74) is 3.36. The lowest BCUT2D eigenvalue weighted by Gasteiger charge is -2.29. The Balaban J connectivity index is 1.73. The molecule has 0 bridgehead atoms. The third-order valence-electron chi connectivity index (χ3n) is 4.97. The van der Waals surface area contributed by atoms with Gasteiger partial charge in [-0.2, -0.15) is 0 Å². The second kappa shape index (κ2) is 8.58. The number of carbonyl (C=O) groups is 1. The Bertz CT molecular complexity index is 1090. The Morgan fingerprint density at radius 2 is 1.59 bits per heavy atom. The molecule has 142 valence electrons. The van der Waals surface area contributed by atoms with Crippen LogP contribution in [0.2, 0.25) is 0 Å². The van der Waals surface area contributed by atoms with Gasteiger partial charge in [0.1, 0.15) is 12.1 Å². The molecule has 0 radical (unpaired) electrons. The first-order chi connectivity index (χ1) is 14.2. The molecule has 0 saturated carbocycles. The average Bonchev–Trinajstić information content (AvgIpc) is 2.75. The van der Waals surface area contributed by atoms with Crippen LogP contribution in [-0.4, -0.2) is 5.97 Å². The van der Waals surface area contributed by atoms with E-state index in [2.05, 4.69) is 11.8 Å². The number of hydrogen-bond acceptors (Lipinski definition) is 2. The summed E-state index contributed by atoms with van der Waals surface area (Å²) in [6.45, 7) is 0. The smallest absolute Gasteiger partial charge is 0.315 e. The molecule has 1 aliphatic rings. The van der Waals surface area contributed by atoms with Crippen LogP contribution in [-0.2, 0) is 16.0 Å². The molecule has 1 aliphatic heterocycles. The lowest BCUT2D eigenvalue weighted by molar-refractivity contribution is -0.144. The first-order valence-electron chi connectivity index (χ1n) is 9.48. The van der Waals surface area contributed by atoms with E-state index in [1.165, 1.54) is 18.4 Å². The first-order valence-corrected chi connectivity index (χ1v) is 9.48. The maximum atomic E-state index is 13.7. The summed E-state index contributed by atoms with van der Waals surface area (Å²) in [6, 6.07) is 25.8. The van der Waals surface area contributed by atoms with Crippen LogP contribution in [0.3, 0.4) is 0 Å². The van der Waals surface area contributed by atoms with E-state index >= 15 is 0 Å². The van der Waals surface area contributed by atoms with Gasteiger partial charge in [0.2, 0.25) is 0 Å². The Labute approximate surface area is 169 Å². The van der Waals surface area contributed by atoms with Crippen molar-refractivity contribution < 1.29 is 13.9 Å². The standard InChI is InChI=1S/C26H19FO2/c27-23-13-7-10-20(16-23)17-24-25(21-11-5-2-6-12-21)22(18-29-26(24)28)15-14-19-8-3-1-4-9-19/h1-13,16,18,24-25H,17H2/t24-,25+/m0/s1. The molecule has 2 atom stereocenters. The van der Waals surface area contributed by atoms with Crippen molar-refractivity contribution in [3.8, 4) is 11.8 Å². The van der Waals surface area contributed by atoms with E-state index < -0.39 is 5.92 Å². The zero-order chi connectivity index (χ0) is 20.1. The van der Waals surface area contributed by atoms with Crippen LogP contribution in [0.25, 0.3) is 0 Å². The van der Waals surface area contributed by atoms with E-state index in [0.717, 1.165) is 22.3 Å². The number of ether oxygens (including phenoxy) is 1. The van der Waals surface area contributed by atoms with Crippen LogP contribution >= 0.6 is 0 Å². The third kappa shape index (κ3) is 4.44. The molecule has 0 spiro atoms. The number of allylic oxidation sites excluding steroid dienone is 1. The second-order valence-corrected chi connectivity index (χ2v) is 6.95. The fourth-order valence-electron chi connectivity index (χ4n) is 3.60. The van der Waals surface area contributed by atoms with Gasteiger partial charge in [-0.25, -0.2) is 4.39 Å². The molecule has 4 rings (SSSR count). The Morgan fingerprint density at radius 1 is 0.862 bits per heavy atom. The van der Waals surface area contributed by atoms with E-state index in [0.29, 0.717) is 6.42 Å². The van der Waals surface area contributed by atoms with Gasteiger partial charge in [0.15, 0.2) is 0 Å². The summed E-state index contributed by atoms with van der Waals surface area (Å²) in [4.78, 5) is 12.7. The van der Waals surface area contributed by atoms with Crippen molar-refractivity contribution >= 4 is 5.97 Å². The van der Waals surface area contributed by atoms with Crippen LogP contribution in [0.4, 0.5) is 4.39 Å². The number of esters is 1. The normalized spacial score (nSPS) is 18.2. The highest BCUT2D eigenvalue weighted by Gasteiger charge is 2.36. The summed E-state index contributed by atoms with van der Waals surface area (Å²) in [5, 5.41) is 0. The predicted molar refractivity (Wildman–Crippen MR) is 110 cm³/mol. The Morgan fingerprint density at radius 3 is 2.31 bits per heavy atom. The topological polar surface area (TPSA) is 26.3 Å². The van der Waals surface area contributed by atoms with Crippen LogP contribution in [0.5, 0.6) is 0 Å². The number of carbonyl (C=O) groups excluding carboxylic acids is 1. The highest BCUT2D eigenvalue weighted by Crippen LogP contribution is 2.38. The van der Waals surface area contributed by atoms with E-state index in [-0.39, 0.29) is 17.7 Å². The van der Waals surface area contributed by atoms with Gasteiger partial charge in [-0.05, 0) is 41.8 Å². The van der Waals surface area contributed by atoms with Gasteiger partial charge in [0, 0.05) is 17.1 Å². The summed E-state index contributed by atoms with van der Waals surface area (Å²) in [7, 11) is 0. The molecular formula is C26H19FO2. The average molecular weight is 382 g/mol. The number of cyclic esters (lactones) is 1. The Kier molecular flexibility index (Phi) is 5.54. The van der Waals surface area contributed by atoms with Crippen LogP contribution < -0.4 is 0 Å². The summed E-state index contributed by atoms with van der Waals surface area (Å²) in [5.74, 6) is 4.97. The maximum absolute atomic E-state index is 13.7. The number of hydrogen-bond donors (Lipinski definition) is 0. The zero-order valence-corrected chi connectivity index (χ0v) is 15.7. The molecule has 3 aromatic rings. The van der Waals surface area contributed by atoms with Crippen molar-refractivity contribution in [1.29, 1.82) is 0 Å². The van der Waals surface area contributed by atoms with Gasteiger partial charge in [-0.1, -0.05) is 72.5 Å². The minimum Gasteiger partial charge on any atom is -0.433 e. The molecule has 0 aromatic heterocycles. The van der Waals surface area contributed by atoms with Crippen molar-refractivity contribution in [2.45, 2.75) is 12.3 Å². The molecule has 0 fully saturated rings. The monoisotopic (exact) mass is 382 g/mol. The van der Waals surface area contributed by atoms with Crippen LogP contribution in [0, 0.1) is 23.6 Å². The van der Waals surface area contributed by atoms with Gasteiger partial charge in [-0.15, -0.1) is 0 Å². The molecule has 0 amide bonds. The lowest BCUT2D eigenvalue weighted by atomic mass is 9.77. The zero-order valence-electron chi connectivity index (χ0n) is 15.7. The summed E-state index contributed by atoms with van der Waals surface area (Å²) < 4.78 is 19.0. The number of benzene rings is 3. The molecule has 0 unspecified atom stereocenters. The van der Waals surface area contributed by atoms with Gasteiger partial charge in [-0.3, -0.25) is 4.79 Å². The molecule has 3 aromatic carbocycles. The second-order valence-electron chi connectivity index (χ2n) is 6.95. The molecule has 3 heteroatoms. The summed E-state index contributed by atoms with van der Waals surface area (Å²) >= 11 is 0. The minimum absolute atomic E-state index is 0.253. The van der Waals surface area contributed by atoms with Gasteiger partial charge >= 0.3 is 5.97 Å². The lowest BCUT2D eigenvalue weighted by Crippen LogP contribution is -2.30. The quantitative estimate of drug-likeness (QED) is 0.456. The third-order valence-corrected chi connectivity index (χ3v) is 4.97. The largest absolute Gasteiger partial charge is 0.433 e. The predicted octanol–water partition coefficient (Wildman–Crippen LogP) is 5.26. The van der Waals surface area contributed by atoms with Gasteiger partial charge < -0.3 is 4.74 Å². The Hall–Kier alpha value is -3.64. The van der Waals surface area contributed by atoms with E-state index in [4.69, 9.17) is 4.74 Å². The van der Waals surface area contributed by atoms with E-state index in [1.54, 1.807) is 6.07 Å². The van der Waals surface area contributed by atoms with E-state index in [9.17, 15) is 9.18 Å². The minimum atomic E-state index is -0.482. The molecule has 1 heterocycles.